The van der Waals surface area contributed by atoms with Crippen LogP contribution < -0.4 is 15.6 Å². The number of hydrogen-bond donors (Lipinski definition) is 2. The standard InChI is InChI=1S/C21H22N4O4/c1-3-12-29-20(27)15-6-8-16(9-7-15)22-21-23-19(26)18(24-25-21)13-14-4-10-17(28-2)11-5-14/h4-11H,3,12-13H2,1-2H3,(H2,22,23,25,26). The van der Waals surface area contributed by atoms with Crippen LogP contribution in [0, 0.1) is 0 Å². The fourth-order valence-corrected chi connectivity index (χ4v) is 2.57. The Kier molecular flexibility index (Phi) is 6.57. The Morgan fingerprint density at radius 3 is 2.41 bits per heavy atom. The number of esters is 1. The van der Waals surface area contributed by atoms with Crippen LogP contribution in [0.15, 0.2) is 53.3 Å². The molecule has 0 aliphatic heterocycles. The van der Waals surface area contributed by atoms with Crippen molar-refractivity contribution in [2.45, 2.75) is 19.8 Å². The Morgan fingerprint density at radius 1 is 1.07 bits per heavy atom. The number of carbonyl (C=O) groups excluding carboxylic acids is 1. The Bertz CT molecular complexity index is 1010. The number of H-pyrrole nitrogens is 1. The van der Waals surface area contributed by atoms with E-state index in [1.807, 2.05) is 31.2 Å². The number of ether oxygens (including phenoxy) is 2. The van der Waals surface area contributed by atoms with Gasteiger partial charge in [-0.15, -0.1) is 10.2 Å². The molecule has 0 unspecified atom stereocenters. The molecule has 0 bridgehead atoms. The molecule has 0 saturated carbocycles. The number of aromatic nitrogens is 3. The number of anilines is 2. The molecule has 0 atom stereocenters. The van der Waals surface area contributed by atoms with Crippen LogP contribution in [-0.2, 0) is 11.2 Å². The lowest BCUT2D eigenvalue weighted by Crippen LogP contribution is -2.18. The van der Waals surface area contributed by atoms with Crippen LogP contribution in [0.3, 0.4) is 0 Å². The number of carbonyl (C=O) groups is 1. The maximum absolute atomic E-state index is 12.3. The average Bonchev–Trinajstić information content (AvgIpc) is 2.75. The number of nitrogens with one attached hydrogen (secondary N) is 2. The first-order chi connectivity index (χ1) is 14.1. The molecule has 0 saturated heterocycles. The van der Waals surface area contributed by atoms with E-state index in [2.05, 4.69) is 20.5 Å². The lowest BCUT2D eigenvalue weighted by Gasteiger charge is -2.07. The second-order valence-corrected chi connectivity index (χ2v) is 6.31. The molecular formula is C21H22N4O4. The van der Waals surface area contributed by atoms with E-state index in [9.17, 15) is 9.59 Å². The van der Waals surface area contributed by atoms with Crippen molar-refractivity contribution in [1.82, 2.24) is 15.2 Å². The minimum Gasteiger partial charge on any atom is -0.497 e. The van der Waals surface area contributed by atoms with Gasteiger partial charge in [-0.3, -0.25) is 9.78 Å². The second-order valence-electron chi connectivity index (χ2n) is 6.31. The number of aromatic amines is 1. The Labute approximate surface area is 167 Å². The topological polar surface area (TPSA) is 106 Å². The summed E-state index contributed by atoms with van der Waals surface area (Å²) in [5, 5.41) is 11.0. The minimum absolute atomic E-state index is 0.217. The lowest BCUT2D eigenvalue weighted by molar-refractivity contribution is 0.0505. The van der Waals surface area contributed by atoms with Crippen molar-refractivity contribution >= 4 is 17.6 Å². The van der Waals surface area contributed by atoms with Crippen LogP contribution in [0.5, 0.6) is 5.75 Å². The highest BCUT2D eigenvalue weighted by atomic mass is 16.5. The van der Waals surface area contributed by atoms with Gasteiger partial charge in [0.1, 0.15) is 11.4 Å². The highest BCUT2D eigenvalue weighted by molar-refractivity contribution is 5.89. The van der Waals surface area contributed by atoms with E-state index in [0.29, 0.717) is 30.0 Å². The maximum atomic E-state index is 12.3. The van der Waals surface area contributed by atoms with Crippen LogP contribution in [0.25, 0.3) is 0 Å². The summed E-state index contributed by atoms with van der Waals surface area (Å²) in [6.45, 7) is 2.32. The summed E-state index contributed by atoms with van der Waals surface area (Å²) in [7, 11) is 1.60. The molecule has 0 spiro atoms. The SMILES string of the molecule is CCCOC(=O)c1ccc(Nc2nnc(Cc3ccc(OC)cc3)c(=O)[nH]2)cc1. The predicted octanol–water partition coefficient (Wildman–Crippen LogP) is 3.07. The molecule has 2 N–H and O–H groups in total. The molecule has 0 aliphatic carbocycles. The van der Waals surface area contributed by atoms with Crippen molar-refractivity contribution in [3.8, 4) is 5.75 Å². The number of benzene rings is 2. The van der Waals surface area contributed by atoms with Gasteiger partial charge in [-0.05, 0) is 48.4 Å². The number of nitrogens with zero attached hydrogens (tertiary/aromatic N) is 2. The number of hydrogen-bond acceptors (Lipinski definition) is 7. The third-order valence-corrected chi connectivity index (χ3v) is 4.12. The summed E-state index contributed by atoms with van der Waals surface area (Å²) in [5.41, 5.74) is 2.04. The van der Waals surface area contributed by atoms with Gasteiger partial charge in [-0.25, -0.2) is 4.79 Å². The normalized spacial score (nSPS) is 10.4. The first-order valence-corrected chi connectivity index (χ1v) is 9.22. The molecule has 3 rings (SSSR count). The molecule has 1 aromatic heterocycles. The summed E-state index contributed by atoms with van der Waals surface area (Å²) in [6, 6.07) is 14.1. The van der Waals surface area contributed by atoms with Gasteiger partial charge in [0.05, 0.1) is 19.3 Å². The number of rotatable bonds is 8. The quantitative estimate of drug-likeness (QED) is 0.566. The van der Waals surface area contributed by atoms with E-state index >= 15 is 0 Å². The van der Waals surface area contributed by atoms with Crippen molar-refractivity contribution in [3.63, 3.8) is 0 Å². The minimum atomic E-state index is -0.366. The predicted molar refractivity (Wildman–Crippen MR) is 109 cm³/mol. The van der Waals surface area contributed by atoms with E-state index in [-0.39, 0.29) is 17.5 Å². The molecule has 0 fully saturated rings. The molecule has 0 aliphatic rings. The summed E-state index contributed by atoms with van der Waals surface area (Å²) in [4.78, 5) is 26.8. The Hall–Kier alpha value is -3.68. The van der Waals surface area contributed by atoms with Gasteiger partial charge >= 0.3 is 5.97 Å². The Balaban J connectivity index is 1.65. The van der Waals surface area contributed by atoms with Gasteiger partial charge in [-0.2, -0.15) is 0 Å². The fraction of sp³-hybridized carbons (Fsp3) is 0.238. The molecule has 29 heavy (non-hydrogen) atoms. The maximum Gasteiger partial charge on any atom is 0.338 e. The number of methoxy groups -OCH3 is 1. The smallest absolute Gasteiger partial charge is 0.338 e. The average molecular weight is 394 g/mol. The summed E-state index contributed by atoms with van der Waals surface area (Å²) < 4.78 is 10.2. The summed E-state index contributed by atoms with van der Waals surface area (Å²) in [6.07, 6.45) is 1.13. The van der Waals surface area contributed by atoms with Gasteiger partial charge in [0, 0.05) is 12.1 Å². The van der Waals surface area contributed by atoms with E-state index in [4.69, 9.17) is 9.47 Å². The molecule has 3 aromatic rings. The fourth-order valence-electron chi connectivity index (χ4n) is 2.57. The van der Waals surface area contributed by atoms with Crippen LogP contribution in [0.2, 0.25) is 0 Å². The molecule has 0 amide bonds. The third kappa shape index (κ3) is 5.41. The highest BCUT2D eigenvalue weighted by Crippen LogP contribution is 2.15. The van der Waals surface area contributed by atoms with Gasteiger partial charge in [0.25, 0.3) is 5.56 Å². The van der Waals surface area contributed by atoms with Crippen molar-refractivity contribution in [2.75, 3.05) is 19.0 Å². The zero-order chi connectivity index (χ0) is 20.6. The molecule has 2 aromatic carbocycles. The second kappa shape index (κ2) is 9.50. The van der Waals surface area contributed by atoms with Crippen molar-refractivity contribution in [3.05, 3.63) is 75.7 Å². The van der Waals surface area contributed by atoms with Crippen molar-refractivity contribution in [1.29, 1.82) is 0 Å². The third-order valence-electron chi connectivity index (χ3n) is 4.12. The largest absolute Gasteiger partial charge is 0.497 e. The Morgan fingerprint density at radius 2 is 1.79 bits per heavy atom. The van der Waals surface area contributed by atoms with E-state index in [0.717, 1.165) is 17.7 Å². The highest BCUT2D eigenvalue weighted by Gasteiger charge is 2.09. The molecular weight excluding hydrogens is 372 g/mol. The van der Waals surface area contributed by atoms with Crippen LogP contribution >= 0.6 is 0 Å². The van der Waals surface area contributed by atoms with Crippen molar-refractivity contribution in [2.24, 2.45) is 0 Å². The molecule has 150 valence electrons. The monoisotopic (exact) mass is 394 g/mol. The zero-order valence-corrected chi connectivity index (χ0v) is 16.3. The van der Waals surface area contributed by atoms with Crippen molar-refractivity contribution < 1.29 is 14.3 Å². The van der Waals surface area contributed by atoms with Gasteiger partial charge in [0.15, 0.2) is 0 Å². The van der Waals surface area contributed by atoms with Gasteiger partial charge in [0.2, 0.25) is 5.95 Å². The van der Waals surface area contributed by atoms with E-state index in [1.165, 1.54) is 0 Å². The van der Waals surface area contributed by atoms with Crippen LogP contribution in [0.4, 0.5) is 11.6 Å². The lowest BCUT2D eigenvalue weighted by atomic mass is 10.1. The van der Waals surface area contributed by atoms with Gasteiger partial charge in [-0.1, -0.05) is 19.1 Å². The first kappa shape index (κ1) is 20.1. The molecule has 1 heterocycles. The van der Waals surface area contributed by atoms with E-state index < -0.39 is 0 Å². The molecule has 8 heteroatoms. The van der Waals surface area contributed by atoms with Crippen LogP contribution in [-0.4, -0.2) is 34.9 Å². The molecule has 0 radical (unpaired) electrons. The van der Waals surface area contributed by atoms with Crippen LogP contribution in [0.1, 0.15) is 35.0 Å². The van der Waals surface area contributed by atoms with E-state index in [1.54, 1.807) is 31.4 Å². The zero-order valence-electron chi connectivity index (χ0n) is 16.3. The first-order valence-electron chi connectivity index (χ1n) is 9.22. The summed E-state index contributed by atoms with van der Waals surface area (Å²) in [5.74, 6) is 0.599. The van der Waals surface area contributed by atoms with Gasteiger partial charge < -0.3 is 14.8 Å². The molecule has 8 nitrogen and oxygen atoms in total. The summed E-state index contributed by atoms with van der Waals surface area (Å²) >= 11 is 0.